The molecule has 0 aliphatic carbocycles. The lowest BCUT2D eigenvalue weighted by atomic mass is 10.1. The number of benzene rings is 2. The van der Waals surface area contributed by atoms with Crippen LogP contribution in [-0.2, 0) is 11.3 Å². The summed E-state index contributed by atoms with van der Waals surface area (Å²) >= 11 is 0. The highest BCUT2D eigenvalue weighted by molar-refractivity contribution is 6.22. The van der Waals surface area contributed by atoms with E-state index in [-0.39, 0.29) is 35.0 Å². The molecular formula is C19H13FN4O4. The molecule has 8 nitrogen and oxygen atoms in total. The van der Waals surface area contributed by atoms with E-state index in [1.54, 1.807) is 18.2 Å². The van der Waals surface area contributed by atoms with Gasteiger partial charge in [0, 0.05) is 0 Å². The van der Waals surface area contributed by atoms with E-state index < -0.39 is 30.1 Å². The Morgan fingerprint density at radius 2 is 1.57 bits per heavy atom. The Morgan fingerprint density at radius 3 is 2.21 bits per heavy atom. The summed E-state index contributed by atoms with van der Waals surface area (Å²) < 4.78 is 19.1. The fourth-order valence-electron chi connectivity index (χ4n) is 2.82. The van der Waals surface area contributed by atoms with Gasteiger partial charge in [-0.15, -0.1) is 10.2 Å². The summed E-state index contributed by atoms with van der Waals surface area (Å²) in [5.74, 6) is -2.06. The van der Waals surface area contributed by atoms with Crippen LogP contribution in [0.5, 0.6) is 0 Å². The molecule has 1 N–H and O–H groups in total. The molecule has 1 aliphatic rings. The average molecular weight is 380 g/mol. The van der Waals surface area contributed by atoms with E-state index in [9.17, 15) is 18.8 Å². The normalized spacial score (nSPS) is 13.0. The highest BCUT2D eigenvalue weighted by Crippen LogP contribution is 2.22. The van der Waals surface area contributed by atoms with Gasteiger partial charge in [0.25, 0.3) is 17.7 Å². The average Bonchev–Trinajstić information content (AvgIpc) is 3.26. The van der Waals surface area contributed by atoms with Crippen molar-refractivity contribution in [3.63, 3.8) is 0 Å². The van der Waals surface area contributed by atoms with Crippen LogP contribution in [0, 0.1) is 5.82 Å². The van der Waals surface area contributed by atoms with E-state index in [1.165, 1.54) is 30.3 Å². The zero-order valence-corrected chi connectivity index (χ0v) is 14.4. The monoisotopic (exact) mass is 380 g/mol. The summed E-state index contributed by atoms with van der Waals surface area (Å²) in [5.41, 5.74) is 0.692. The zero-order valence-electron chi connectivity index (χ0n) is 14.4. The maximum absolute atomic E-state index is 13.7. The van der Waals surface area contributed by atoms with E-state index in [0.717, 1.165) is 4.90 Å². The number of hydrogen-bond acceptors (Lipinski definition) is 6. The maximum atomic E-state index is 13.7. The Bertz CT molecular complexity index is 1060. The van der Waals surface area contributed by atoms with Gasteiger partial charge < -0.3 is 9.73 Å². The van der Waals surface area contributed by atoms with E-state index >= 15 is 0 Å². The molecular weight excluding hydrogens is 367 g/mol. The highest BCUT2D eigenvalue weighted by Gasteiger charge is 2.36. The molecule has 0 fully saturated rings. The van der Waals surface area contributed by atoms with Crippen LogP contribution >= 0.6 is 0 Å². The first kappa shape index (κ1) is 17.5. The largest absolute Gasteiger partial charge is 0.419 e. The van der Waals surface area contributed by atoms with Gasteiger partial charge in [0.05, 0.1) is 23.2 Å². The Kier molecular flexibility index (Phi) is 4.40. The van der Waals surface area contributed by atoms with Crippen LogP contribution in [0.15, 0.2) is 52.9 Å². The van der Waals surface area contributed by atoms with Crippen molar-refractivity contribution in [2.24, 2.45) is 0 Å². The standard InChI is InChI=1S/C19H13FN4O4/c20-14-8-4-3-7-13(14)17-23-22-16(28-17)9-21-15(25)10-24-18(26)11-5-1-2-6-12(11)19(24)27/h1-8H,9-10H2,(H,21,25). The van der Waals surface area contributed by atoms with Crippen LogP contribution in [0.4, 0.5) is 4.39 Å². The topological polar surface area (TPSA) is 105 Å². The molecule has 0 saturated heterocycles. The van der Waals surface area contributed by atoms with Crippen molar-refractivity contribution < 1.29 is 23.2 Å². The molecule has 4 rings (SSSR count). The van der Waals surface area contributed by atoms with Crippen LogP contribution < -0.4 is 5.32 Å². The number of hydrogen-bond donors (Lipinski definition) is 1. The Balaban J connectivity index is 1.38. The molecule has 140 valence electrons. The van der Waals surface area contributed by atoms with E-state index in [0.29, 0.717) is 0 Å². The Morgan fingerprint density at radius 1 is 0.964 bits per heavy atom. The first-order valence-electron chi connectivity index (χ1n) is 8.34. The van der Waals surface area contributed by atoms with E-state index in [4.69, 9.17) is 4.42 Å². The molecule has 3 amide bonds. The molecule has 2 aromatic carbocycles. The van der Waals surface area contributed by atoms with Crippen LogP contribution in [-0.4, -0.2) is 39.4 Å². The molecule has 3 aromatic rings. The minimum Gasteiger partial charge on any atom is -0.419 e. The SMILES string of the molecule is O=C(CN1C(=O)c2ccccc2C1=O)NCc1nnc(-c2ccccc2F)o1. The summed E-state index contributed by atoms with van der Waals surface area (Å²) in [6.07, 6.45) is 0. The van der Waals surface area contributed by atoms with Gasteiger partial charge in [-0.1, -0.05) is 24.3 Å². The Labute approximate surface area is 158 Å². The quantitative estimate of drug-likeness (QED) is 0.677. The molecule has 0 atom stereocenters. The van der Waals surface area contributed by atoms with Crippen molar-refractivity contribution >= 4 is 17.7 Å². The minimum atomic E-state index is -0.569. The summed E-state index contributed by atoms with van der Waals surface area (Å²) in [4.78, 5) is 37.5. The number of amides is 3. The number of nitrogens with zero attached hydrogens (tertiary/aromatic N) is 3. The number of carbonyl (C=O) groups is 3. The van der Waals surface area contributed by atoms with Gasteiger partial charge in [0.15, 0.2) is 0 Å². The number of imide groups is 1. The molecule has 9 heteroatoms. The third-order valence-electron chi connectivity index (χ3n) is 4.19. The van der Waals surface area contributed by atoms with Crippen LogP contribution in [0.2, 0.25) is 0 Å². The van der Waals surface area contributed by atoms with Gasteiger partial charge >= 0.3 is 0 Å². The van der Waals surface area contributed by atoms with Crippen molar-refractivity contribution in [2.45, 2.75) is 6.54 Å². The van der Waals surface area contributed by atoms with E-state index in [2.05, 4.69) is 15.5 Å². The highest BCUT2D eigenvalue weighted by atomic mass is 19.1. The van der Waals surface area contributed by atoms with Crippen LogP contribution in [0.1, 0.15) is 26.6 Å². The number of aromatic nitrogens is 2. The van der Waals surface area contributed by atoms with Crippen molar-refractivity contribution in [1.29, 1.82) is 0 Å². The van der Waals surface area contributed by atoms with Gasteiger partial charge in [0.1, 0.15) is 12.4 Å². The van der Waals surface area contributed by atoms with Gasteiger partial charge in [-0.05, 0) is 24.3 Å². The Hall–Kier alpha value is -3.88. The van der Waals surface area contributed by atoms with Gasteiger partial charge in [-0.25, -0.2) is 4.39 Å². The van der Waals surface area contributed by atoms with Crippen molar-refractivity contribution in [3.8, 4) is 11.5 Å². The molecule has 0 spiro atoms. The minimum absolute atomic E-state index is 0.0114. The first-order chi connectivity index (χ1) is 13.5. The van der Waals surface area contributed by atoms with Crippen molar-refractivity contribution in [3.05, 3.63) is 71.4 Å². The van der Waals surface area contributed by atoms with Crippen LogP contribution in [0.3, 0.4) is 0 Å². The summed E-state index contributed by atoms with van der Waals surface area (Å²) in [6.45, 7) is -0.551. The van der Waals surface area contributed by atoms with Gasteiger partial charge in [0.2, 0.25) is 11.8 Å². The smallest absolute Gasteiger partial charge is 0.262 e. The lowest BCUT2D eigenvalue weighted by Crippen LogP contribution is -2.40. The fraction of sp³-hybridized carbons (Fsp3) is 0.105. The summed E-state index contributed by atoms with van der Waals surface area (Å²) in [5, 5.41) is 10.0. The molecule has 1 aromatic heterocycles. The fourth-order valence-corrected chi connectivity index (χ4v) is 2.82. The second-order valence-corrected chi connectivity index (χ2v) is 6.00. The second kappa shape index (κ2) is 7.03. The van der Waals surface area contributed by atoms with Crippen LogP contribution in [0.25, 0.3) is 11.5 Å². The lowest BCUT2D eigenvalue weighted by Gasteiger charge is -2.12. The number of carbonyl (C=O) groups excluding carboxylic acids is 3. The van der Waals surface area contributed by atoms with Gasteiger partial charge in [-0.3, -0.25) is 19.3 Å². The van der Waals surface area contributed by atoms with Crippen molar-refractivity contribution in [1.82, 2.24) is 20.4 Å². The number of fused-ring (bicyclic) bond motifs is 1. The maximum Gasteiger partial charge on any atom is 0.262 e. The summed E-state index contributed by atoms with van der Waals surface area (Å²) in [6, 6.07) is 12.3. The van der Waals surface area contributed by atoms with Gasteiger partial charge in [-0.2, -0.15) is 0 Å². The number of halogens is 1. The molecule has 0 unspecified atom stereocenters. The third kappa shape index (κ3) is 3.13. The third-order valence-corrected chi connectivity index (χ3v) is 4.19. The molecule has 0 bridgehead atoms. The molecule has 0 saturated carbocycles. The molecule has 0 radical (unpaired) electrons. The predicted molar refractivity (Wildman–Crippen MR) is 93.3 cm³/mol. The second-order valence-electron chi connectivity index (χ2n) is 6.00. The predicted octanol–water partition coefficient (Wildman–Crippen LogP) is 1.79. The molecule has 28 heavy (non-hydrogen) atoms. The molecule has 2 heterocycles. The number of nitrogens with one attached hydrogen (secondary N) is 1. The summed E-state index contributed by atoms with van der Waals surface area (Å²) in [7, 11) is 0. The number of rotatable bonds is 5. The lowest BCUT2D eigenvalue weighted by molar-refractivity contribution is -0.121. The van der Waals surface area contributed by atoms with E-state index in [1.807, 2.05) is 0 Å². The first-order valence-corrected chi connectivity index (χ1v) is 8.34. The van der Waals surface area contributed by atoms with Crippen molar-refractivity contribution in [2.75, 3.05) is 6.54 Å². The zero-order chi connectivity index (χ0) is 19.7. The molecule has 1 aliphatic heterocycles.